The Morgan fingerprint density at radius 2 is 1.38 bits per heavy atom. The van der Waals surface area contributed by atoms with Crippen molar-refractivity contribution in [3.63, 3.8) is 0 Å². The lowest BCUT2D eigenvalue weighted by Crippen LogP contribution is -2.66. The van der Waals surface area contributed by atoms with Crippen molar-refractivity contribution in [3.8, 4) is 0 Å². The van der Waals surface area contributed by atoms with E-state index in [2.05, 4.69) is 81.4 Å². The Kier molecular flexibility index (Phi) is 6.01. The predicted octanol–water partition coefficient (Wildman–Crippen LogP) is 3.97. The van der Waals surface area contributed by atoms with Gasteiger partial charge in [-0.05, 0) is 46.5 Å². The Labute approximate surface area is 159 Å². The average molecular weight is 369 g/mol. The summed E-state index contributed by atoms with van der Waals surface area (Å²) in [7, 11) is -2.41. The van der Waals surface area contributed by atoms with Crippen LogP contribution in [0.4, 0.5) is 0 Å². The summed E-state index contributed by atoms with van der Waals surface area (Å²) < 4.78 is 7.00. The molecule has 0 unspecified atom stereocenters. The smallest absolute Gasteiger partial charge is 0.261 e. The van der Waals surface area contributed by atoms with E-state index in [1.165, 1.54) is 16.8 Å². The fourth-order valence-electron chi connectivity index (χ4n) is 4.50. The van der Waals surface area contributed by atoms with Crippen molar-refractivity contribution in [3.05, 3.63) is 60.7 Å². The highest BCUT2D eigenvalue weighted by Crippen LogP contribution is 2.38. The molecule has 0 heterocycles. The van der Waals surface area contributed by atoms with Crippen LogP contribution in [0, 0.1) is 11.8 Å². The zero-order chi connectivity index (χ0) is 18.6. The fraction of sp³-hybridized carbons (Fsp3) is 0.478. The predicted molar refractivity (Wildman–Crippen MR) is 111 cm³/mol. The van der Waals surface area contributed by atoms with Crippen molar-refractivity contribution in [2.24, 2.45) is 11.8 Å². The molecule has 3 rings (SSSR count). The quantitative estimate of drug-likeness (QED) is 0.782. The molecule has 1 saturated carbocycles. The van der Waals surface area contributed by atoms with Gasteiger partial charge in [0, 0.05) is 13.2 Å². The molecule has 2 atom stereocenters. The molecule has 2 aromatic carbocycles. The van der Waals surface area contributed by atoms with Gasteiger partial charge in [0.05, 0.1) is 0 Å². The van der Waals surface area contributed by atoms with Gasteiger partial charge in [-0.25, -0.2) is 0 Å². The van der Waals surface area contributed by atoms with Crippen LogP contribution in [0.2, 0.25) is 5.04 Å². The normalized spacial score (nSPS) is 21.1. The monoisotopic (exact) mass is 368 g/mol. The molecule has 0 bridgehead atoms. The second-order valence-electron chi connectivity index (χ2n) is 8.70. The Hall–Kier alpha value is -1.42. The first-order chi connectivity index (χ1) is 12.5. The van der Waals surface area contributed by atoms with Crippen LogP contribution in [0.25, 0.3) is 0 Å². The first kappa shape index (κ1) is 19.3. The summed E-state index contributed by atoms with van der Waals surface area (Å²) in [5, 5.41) is 12.2. The molecule has 1 N–H and O–H groups in total. The number of aliphatic hydroxyl groups is 1. The van der Waals surface area contributed by atoms with Gasteiger partial charge in [0.2, 0.25) is 0 Å². The molecule has 1 aliphatic rings. The zero-order valence-corrected chi connectivity index (χ0v) is 17.3. The largest absolute Gasteiger partial charge is 0.407 e. The van der Waals surface area contributed by atoms with E-state index < -0.39 is 8.32 Å². The van der Waals surface area contributed by atoms with E-state index in [4.69, 9.17) is 4.43 Å². The van der Waals surface area contributed by atoms with E-state index in [1.807, 2.05) is 0 Å². The summed E-state index contributed by atoms with van der Waals surface area (Å²) in [5.74, 6) is 1.02. The number of benzene rings is 2. The van der Waals surface area contributed by atoms with Crippen LogP contribution in [0.3, 0.4) is 0 Å². The third kappa shape index (κ3) is 3.80. The molecular weight excluding hydrogens is 336 g/mol. The van der Waals surface area contributed by atoms with Crippen molar-refractivity contribution >= 4 is 18.7 Å². The SMILES string of the molecule is CC(C)(C)[Si](OC[C@H]1CC[C@@H](CO)C1)(c1ccccc1)c1ccccc1. The molecule has 1 aliphatic carbocycles. The second-order valence-corrected chi connectivity index (χ2v) is 13.0. The van der Waals surface area contributed by atoms with Gasteiger partial charge in [-0.1, -0.05) is 81.4 Å². The van der Waals surface area contributed by atoms with Crippen LogP contribution in [0.1, 0.15) is 40.0 Å². The minimum Gasteiger partial charge on any atom is -0.407 e. The van der Waals surface area contributed by atoms with Crippen LogP contribution in [-0.4, -0.2) is 26.6 Å². The van der Waals surface area contributed by atoms with Crippen molar-refractivity contribution in [2.75, 3.05) is 13.2 Å². The van der Waals surface area contributed by atoms with Gasteiger partial charge >= 0.3 is 0 Å². The highest BCUT2D eigenvalue weighted by Gasteiger charge is 2.50. The summed E-state index contributed by atoms with van der Waals surface area (Å²) >= 11 is 0. The Morgan fingerprint density at radius 1 is 0.885 bits per heavy atom. The van der Waals surface area contributed by atoms with Gasteiger partial charge < -0.3 is 9.53 Å². The summed E-state index contributed by atoms with van der Waals surface area (Å²) in [5.41, 5.74) is 0. The van der Waals surface area contributed by atoms with Gasteiger partial charge in [0.15, 0.2) is 0 Å². The van der Waals surface area contributed by atoms with Crippen LogP contribution in [-0.2, 0) is 4.43 Å². The minimum atomic E-state index is -2.41. The van der Waals surface area contributed by atoms with E-state index in [0.717, 1.165) is 19.4 Å². The third-order valence-corrected chi connectivity index (χ3v) is 10.9. The second kappa shape index (κ2) is 8.08. The summed E-state index contributed by atoms with van der Waals surface area (Å²) in [6.07, 6.45) is 3.39. The molecule has 0 aromatic heterocycles. The molecule has 2 aromatic rings. The van der Waals surface area contributed by atoms with Crippen LogP contribution in [0.15, 0.2) is 60.7 Å². The molecule has 0 spiro atoms. The first-order valence-electron chi connectivity index (χ1n) is 9.83. The number of hydrogen-bond donors (Lipinski definition) is 1. The highest BCUT2D eigenvalue weighted by atomic mass is 28.4. The maximum Gasteiger partial charge on any atom is 0.261 e. The number of aliphatic hydroxyl groups excluding tert-OH is 1. The molecule has 26 heavy (non-hydrogen) atoms. The topological polar surface area (TPSA) is 29.5 Å². The van der Waals surface area contributed by atoms with Crippen molar-refractivity contribution in [1.29, 1.82) is 0 Å². The lowest BCUT2D eigenvalue weighted by Gasteiger charge is -2.43. The Bertz CT molecular complexity index is 639. The standard InChI is InChI=1S/C23H32O2Si/c1-23(2,3)26(21-10-6-4-7-11-21,22-12-8-5-9-13-22)25-18-20-15-14-19(16-20)17-24/h4-13,19-20,24H,14-18H2,1-3H3/t19-,20+/m1/s1. The molecule has 3 heteroatoms. The van der Waals surface area contributed by atoms with Gasteiger partial charge in [-0.15, -0.1) is 0 Å². The molecule has 0 saturated heterocycles. The summed E-state index contributed by atoms with van der Waals surface area (Å²) in [6, 6.07) is 21.7. The van der Waals surface area contributed by atoms with Gasteiger partial charge in [-0.2, -0.15) is 0 Å². The molecule has 1 fully saturated rings. The molecule has 0 aliphatic heterocycles. The summed E-state index contributed by atoms with van der Waals surface area (Å²) in [4.78, 5) is 0. The molecule has 140 valence electrons. The van der Waals surface area contributed by atoms with E-state index in [0.29, 0.717) is 18.4 Å². The van der Waals surface area contributed by atoms with Crippen molar-refractivity contribution in [2.45, 2.75) is 45.1 Å². The number of hydrogen-bond acceptors (Lipinski definition) is 2. The molecule has 0 radical (unpaired) electrons. The molecule has 2 nitrogen and oxygen atoms in total. The van der Waals surface area contributed by atoms with Gasteiger partial charge in [0.25, 0.3) is 8.32 Å². The maximum absolute atomic E-state index is 9.47. The van der Waals surface area contributed by atoms with E-state index in [9.17, 15) is 5.11 Å². The number of rotatable bonds is 6. The summed E-state index contributed by atoms with van der Waals surface area (Å²) in [6.45, 7) is 8.08. The van der Waals surface area contributed by atoms with Crippen LogP contribution < -0.4 is 10.4 Å². The van der Waals surface area contributed by atoms with Gasteiger partial charge in [0.1, 0.15) is 0 Å². The van der Waals surface area contributed by atoms with Crippen LogP contribution >= 0.6 is 0 Å². The van der Waals surface area contributed by atoms with Gasteiger partial charge in [-0.3, -0.25) is 0 Å². The average Bonchev–Trinajstić information content (AvgIpc) is 3.11. The molecular formula is C23H32O2Si. The van der Waals surface area contributed by atoms with Crippen molar-refractivity contribution < 1.29 is 9.53 Å². The van der Waals surface area contributed by atoms with Crippen molar-refractivity contribution in [1.82, 2.24) is 0 Å². The Balaban J connectivity index is 1.98. The third-order valence-electron chi connectivity index (χ3n) is 5.86. The maximum atomic E-state index is 9.47. The first-order valence-corrected chi connectivity index (χ1v) is 11.7. The van der Waals surface area contributed by atoms with E-state index >= 15 is 0 Å². The lowest BCUT2D eigenvalue weighted by atomic mass is 10.1. The zero-order valence-electron chi connectivity index (χ0n) is 16.3. The fourth-order valence-corrected chi connectivity index (χ4v) is 9.14. The molecule has 0 amide bonds. The lowest BCUT2D eigenvalue weighted by molar-refractivity contribution is 0.207. The van der Waals surface area contributed by atoms with Crippen LogP contribution in [0.5, 0.6) is 0 Å². The minimum absolute atomic E-state index is 0.0324. The van der Waals surface area contributed by atoms with E-state index in [1.54, 1.807) is 0 Å². The van der Waals surface area contributed by atoms with E-state index in [-0.39, 0.29) is 5.04 Å². The Morgan fingerprint density at radius 3 is 1.81 bits per heavy atom. The highest BCUT2D eigenvalue weighted by molar-refractivity contribution is 6.99.